The van der Waals surface area contributed by atoms with Gasteiger partial charge in [0, 0.05) is 36.5 Å². The lowest BCUT2D eigenvalue weighted by Gasteiger charge is -2.32. The third-order valence-corrected chi connectivity index (χ3v) is 7.33. The molecule has 0 spiro atoms. The van der Waals surface area contributed by atoms with E-state index in [4.69, 9.17) is 0 Å². The maximum absolute atomic E-state index is 13.1. The molecule has 0 radical (unpaired) electrons. The average Bonchev–Trinajstić information content (AvgIpc) is 2.97. The number of nitrogens with zero attached hydrogens (tertiary/aromatic N) is 2. The van der Waals surface area contributed by atoms with Crippen molar-refractivity contribution in [1.82, 2.24) is 5.32 Å². The molecule has 8 nitrogen and oxygen atoms in total. The van der Waals surface area contributed by atoms with Crippen molar-refractivity contribution in [3.05, 3.63) is 129 Å². The van der Waals surface area contributed by atoms with Crippen molar-refractivity contribution in [3.8, 4) is 11.1 Å². The molecule has 0 bridgehead atoms. The predicted octanol–water partition coefficient (Wildman–Crippen LogP) is 6.40. The van der Waals surface area contributed by atoms with E-state index in [1.54, 1.807) is 24.3 Å². The van der Waals surface area contributed by atoms with Crippen LogP contribution in [0.15, 0.2) is 91.0 Å². The number of anilines is 1. The number of non-ortho nitro benzene ring substituents is 1. The van der Waals surface area contributed by atoms with Gasteiger partial charge in [-0.15, -0.1) is 0 Å². The second-order valence-electron chi connectivity index (χ2n) is 9.95. The van der Waals surface area contributed by atoms with Crippen molar-refractivity contribution < 1.29 is 19.6 Å². The summed E-state index contributed by atoms with van der Waals surface area (Å²) in [7, 11) is 0. The number of nitrogens with one attached hydrogen (secondary N) is 1. The van der Waals surface area contributed by atoms with E-state index in [0.717, 1.165) is 52.9 Å². The Kier molecular flexibility index (Phi) is 7.59. The number of nitro benzene ring substituents is 1. The molecule has 0 unspecified atom stereocenters. The SMILES string of the molecule is C[C@H](NC(=O)c1ccc2c(c1)CCCN2Cc1ccccc1-c1ccc(C(=O)O)cc1)c1ccc([N+](=O)[O-])cc1. The summed E-state index contributed by atoms with van der Waals surface area (Å²) in [6.07, 6.45) is 1.84. The predicted molar refractivity (Wildman–Crippen MR) is 154 cm³/mol. The van der Waals surface area contributed by atoms with Gasteiger partial charge in [0.2, 0.25) is 0 Å². The summed E-state index contributed by atoms with van der Waals surface area (Å²) < 4.78 is 0. The number of fused-ring (bicyclic) bond motifs is 1. The number of hydrogen-bond acceptors (Lipinski definition) is 5. The quantitative estimate of drug-likeness (QED) is 0.199. The number of carbonyl (C=O) groups is 2. The van der Waals surface area contributed by atoms with Crippen molar-refractivity contribution in [1.29, 1.82) is 0 Å². The third kappa shape index (κ3) is 5.71. The van der Waals surface area contributed by atoms with Gasteiger partial charge in [-0.1, -0.05) is 48.5 Å². The maximum Gasteiger partial charge on any atom is 0.335 e. The van der Waals surface area contributed by atoms with Crippen LogP contribution in [0.2, 0.25) is 0 Å². The summed E-state index contributed by atoms with van der Waals surface area (Å²) in [6.45, 7) is 3.43. The number of carboxylic acids is 1. The molecule has 1 heterocycles. The smallest absolute Gasteiger partial charge is 0.335 e. The fraction of sp³-hybridized carbons (Fsp3) is 0.188. The number of carbonyl (C=O) groups excluding carboxylic acids is 1. The minimum absolute atomic E-state index is 0.0141. The van der Waals surface area contributed by atoms with E-state index < -0.39 is 10.9 Å². The molecule has 2 N–H and O–H groups in total. The maximum atomic E-state index is 13.1. The molecule has 1 amide bonds. The molecule has 1 atom stereocenters. The molecule has 0 saturated carbocycles. The Morgan fingerprint density at radius 1 is 0.975 bits per heavy atom. The molecule has 0 saturated heterocycles. The molecule has 8 heteroatoms. The highest BCUT2D eigenvalue weighted by atomic mass is 16.6. The number of amides is 1. The van der Waals surface area contributed by atoms with Gasteiger partial charge in [-0.05, 0) is 77.9 Å². The van der Waals surface area contributed by atoms with Crippen LogP contribution in [0.1, 0.15) is 56.8 Å². The first-order valence-corrected chi connectivity index (χ1v) is 13.1. The Balaban J connectivity index is 1.32. The first-order valence-electron chi connectivity index (χ1n) is 13.1. The topological polar surface area (TPSA) is 113 Å². The van der Waals surface area contributed by atoms with Crippen molar-refractivity contribution in [2.45, 2.75) is 32.4 Å². The van der Waals surface area contributed by atoms with Gasteiger partial charge in [0.25, 0.3) is 11.6 Å². The van der Waals surface area contributed by atoms with Gasteiger partial charge >= 0.3 is 5.97 Å². The van der Waals surface area contributed by atoms with E-state index >= 15 is 0 Å². The number of aryl methyl sites for hydroxylation is 1. The van der Waals surface area contributed by atoms with Crippen molar-refractivity contribution in [2.75, 3.05) is 11.4 Å². The Morgan fingerprint density at radius 3 is 2.38 bits per heavy atom. The van der Waals surface area contributed by atoms with Crippen molar-refractivity contribution in [2.24, 2.45) is 0 Å². The van der Waals surface area contributed by atoms with Gasteiger partial charge < -0.3 is 15.3 Å². The highest BCUT2D eigenvalue weighted by Gasteiger charge is 2.21. The summed E-state index contributed by atoms with van der Waals surface area (Å²) in [4.78, 5) is 37.1. The first kappa shape index (κ1) is 26.6. The Hall–Kier alpha value is -4.98. The highest BCUT2D eigenvalue weighted by molar-refractivity contribution is 5.95. The fourth-order valence-corrected chi connectivity index (χ4v) is 5.17. The van der Waals surface area contributed by atoms with Crippen LogP contribution in [-0.2, 0) is 13.0 Å². The molecule has 4 aromatic carbocycles. The van der Waals surface area contributed by atoms with Crippen LogP contribution in [0.4, 0.5) is 11.4 Å². The van der Waals surface area contributed by atoms with E-state index in [2.05, 4.69) is 22.3 Å². The molecule has 40 heavy (non-hydrogen) atoms. The summed E-state index contributed by atoms with van der Waals surface area (Å²) in [5.41, 5.74) is 7.01. The standard InChI is InChI=1S/C32H29N3O5/c1-21(22-12-15-28(16-13-22)35(39)40)33-31(36)26-14-17-30-25(19-26)6-4-18-34(30)20-27-5-2-3-7-29(27)23-8-10-24(11-9-23)32(37)38/h2-3,5,7-17,19,21H,4,6,18,20H2,1H3,(H,33,36)(H,37,38)/t21-/m0/s1. The van der Waals surface area contributed by atoms with Gasteiger partial charge in [0.15, 0.2) is 0 Å². The van der Waals surface area contributed by atoms with Crippen molar-refractivity contribution in [3.63, 3.8) is 0 Å². The molecule has 5 rings (SSSR count). The summed E-state index contributed by atoms with van der Waals surface area (Å²) in [5, 5.41) is 23.1. The van der Waals surface area contributed by atoms with Crippen molar-refractivity contribution >= 4 is 23.3 Å². The molecule has 1 aliphatic heterocycles. The summed E-state index contributed by atoms with van der Waals surface area (Å²) in [5.74, 6) is -1.14. The number of hydrogen-bond donors (Lipinski definition) is 2. The van der Waals surface area contributed by atoms with Crippen LogP contribution in [0, 0.1) is 10.1 Å². The van der Waals surface area contributed by atoms with E-state index in [9.17, 15) is 24.8 Å². The fourth-order valence-electron chi connectivity index (χ4n) is 5.17. The zero-order chi connectivity index (χ0) is 28.2. The molecular formula is C32H29N3O5. The lowest BCUT2D eigenvalue weighted by atomic mass is 9.95. The van der Waals surface area contributed by atoms with Gasteiger partial charge in [-0.25, -0.2) is 4.79 Å². The third-order valence-electron chi connectivity index (χ3n) is 7.33. The van der Waals surface area contributed by atoms with Crippen LogP contribution < -0.4 is 10.2 Å². The van der Waals surface area contributed by atoms with E-state index in [1.165, 1.54) is 12.1 Å². The second-order valence-corrected chi connectivity index (χ2v) is 9.95. The number of aromatic carboxylic acids is 1. The first-order chi connectivity index (χ1) is 19.3. The lowest BCUT2D eigenvalue weighted by molar-refractivity contribution is -0.384. The molecule has 0 aromatic heterocycles. The minimum atomic E-state index is -0.946. The number of rotatable bonds is 8. The van der Waals surface area contributed by atoms with Gasteiger partial charge in [-0.2, -0.15) is 0 Å². The molecular weight excluding hydrogens is 506 g/mol. The van der Waals surface area contributed by atoms with E-state index in [1.807, 2.05) is 49.4 Å². The second kappa shape index (κ2) is 11.4. The van der Waals surface area contributed by atoms with Gasteiger partial charge in [0.05, 0.1) is 16.5 Å². The van der Waals surface area contributed by atoms with Crippen LogP contribution >= 0.6 is 0 Å². The highest BCUT2D eigenvalue weighted by Crippen LogP contribution is 2.32. The molecule has 0 aliphatic carbocycles. The minimum Gasteiger partial charge on any atom is -0.478 e. The van der Waals surface area contributed by atoms with Gasteiger partial charge in [-0.3, -0.25) is 14.9 Å². The molecule has 202 valence electrons. The Labute approximate surface area is 232 Å². The number of benzene rings is 4. The van der Waals surface area contributed by atoms with Crippen LogP contribution in [0.5, 0.6) is 0 Å². The molecule has 1 aliphatic rings. The monoisotopic (exact) mass is 535 g/mol. The van der Waals surface area contributed by atoms with Crippen LogP contribution in [0.3, 0.4) is 0 Å². The molecule has 0 fully saturated rings. The zero-order valence-electron chi connectivity index (χ0n) is 22.0. The summed E-state index contributed by atoms with van der Waals surface area (Å²) >= 11 is 0. The lowest BCUT2D eigenvalue weighted by Crippen LogP contribution is -2.30. The van der Waals surface area contributed by atoms with Crippen LogP contribution in [-0.4, -0.2) is 28.5 Å². The Bertz CT molecular complexity index is 1560. The number of carboxylic acid groups (broad SMARTS) is 1. The van der Waals surface area contributed by atoms with E-state index in [0.29, 0.717) is 12.1 Å². The zero-order valence-corrected chi connectivity index (χ0v) is 22.0. The summed E-state index contributed by atoms with van der Waals surface area (Å²) in [6, 6.07) is 26.8. The number of nitro groups is 1. The molecule has 4 aromatic rings. The van der Waals surface area contributed by atoms with E-state index in [-0.39, 0.29) is 23.2 Å². The normalized spacial score (nSPS) is 13.3. The largest absolute Gasteiger partial charge is 0.478 e. The average molecular weight is 536 g/mol. The Morgan fingerprint density at radius 2 is 1.68 bits per heavy atom. The van der Waals surface area contributed by atoms with Crippen LogP contribution in [0.25, 0.3) is 11.1 Å². The van der Waals surface area contributed by atoms with Gasteiger partial charge in [0.1, 0.15) is 0 Å².